The Hall–Kier alpha value is -2.58. The van der Waals surface area contributed by atoms with Crippen LogP contribution in [0.4, 0.5) is 5.69 Å². The zero-order chi connectivity index (χ0) is 17.7. The molecule has 0 bridgehead atoms. The van der Waals surface area contributed by atoms with Crippen molar-refractivity contribution in [2.45, 2.75) is 19.8 Å². The van der Waals surface area contributed by atoms with Crippen LogP contribution in [0.2, 0.25) is 0 Å². The number of carbonyl (C=O) groups excluding carboxylic acids is 2. The minimum absolute atomic E-state index is 0.00614. The minimum Gasteiger partial charge on any atom is -0.336 e. The van der Waals surface area contributed by atoms with Gasteiger partial charge in [-0.05, 0) is 44.2 Å². The second kappa shape index (κ2) is 7.80. The van der Waals surface area contributed by atoms with Gasteiger partial charge in [0.25, 0.3) is 0 Å². The van der Waals surface area contributed by atoms with Crippen LogP contribution in [-0.4, -0.2) is 30.3 Å². The third-order valence-electron chi connectivity index (χ3n) is 3.63. The van der Waals surface area contributed by atoms with Crippen molar-refractivity contribution >= 4 is 28.8 Å². The maximum absolute atomic E-state index is 12.5. The Morgan fingerprint density at radius 1 is 1.33 bits per heavy atom. The molecule has 124 valence electrons. The van der Waals surface area contributed by atoms with Crippen molar-refractivity contribution in [3.63, 3.8) is 0 Å². The molecule has 1 heterocycles. The molecule has 2 amide bonds. The number of likely N-dealkylation sites (N-methyl/N-ethyl adjacent to an activating group) is 1. The van der Waals surface area contributed by atoms with Gasteiger partial charge >= 0.3 is 0 Å². The van der Waals surface area contributed by atoms with Gasteiger partial charge in [0.2, 0.25) is 11.8 Å². The van der Waals surface area contributed by atoms with Crippen molar-refractivity contribution in [1.29, 1.82) is 0 Å². The molecular formula is C19H20N2O2S. The third-order valence-corrected chi connectivity index (χ3v) is 4.81. The van der Waals surface area contributed by atoms with Gasteiger partial charge in [0.1, 0.15) is 0 Å². The van der Waals surface area contributed by atoms with E-state index in [1.54, 1.807) is 42.6 Å². The summed E-state index contributed by atoms with van der Waals surface area (Å²) < 4.78 is 0. The van der Waals surface area contributed by atoms with Gasteiger partial charge in [-0.1, -0.05) is 12.0 Å². The van der Waals surface area contributed by atoms with Crippen LogP contribution in [0.15, 0.2) is 36.4 Å². The fourth-order valence-electron chi connectivity index (χ4n) is 2.32. The molecule has 0 saturated carbocycles. The monoisotopic (exact) mass is 340 g/mol. The second-order valence-electron chi connectivity index (χ2n) is 5.64. The first-order valence-corrected chi connectivity index (χ1v) is 8.40. The zero-order valence-electron chi connectivity index (χ0n) is 14.0. The zero-order valence-corrected chi connectivity index (χ0v) is 14.8. The van der Waals surface area contributed by atoms with Crippen LogP contribution in [-0.2, 0) is 9.59 Å². The molecule has 0 saturated heterocycles. The van der Waals surface area contributed by atoms with Crippen LogP contribution in [0.3, 0.4) is 0 Å². The van der Waals surface area contributed by atoms with E-state index in [0.29, 0.717) is 11.3 Å². The van der Waals surface area contributed by atoms with E-state index in [4.69, 9.17) is 6.42 Å². The third kappa shape index (κ3) is 4.46. The Bertz CT molecular complexity index is 789. The fraction of sp³-hybridized carbons (Fsp3) is 0.263. The second-order valence-corrected chi connectivity index (χ2v) is 6.96. The molecule has 0 fully saturated rings. The number of rotatable bonds is 5. The van der Waals surface area contributed by atoms with Crippen LogP contribution in [0, 0.1) is 19.3 Å². The Morgan fingerprint density at radius 3 is 2.71 bits per heavy atom. The maximum Gasteiger partial charge on any atom is 0.243 e. The number of terminal acetylenes is 1. The first kappa shape index (κ1) is 17.8. The van der Waals surface area contributed by atoms with E-state index in [9.17, 15) is 9.59 Å². The molecule has 1 atom stereocenters. The highest BCUT2D eigenvalue weighted by atomic mass is 32.1. The lowest BCUT2D eigenvalue weighted by atomic mass is 10.1. The van der Waals surface area contributed by atoms with Crippen molar-refractivity contribution < 1.29 is 9.59 Å². The predicted octanol–water partition coefficient (Wildman–Crippen LogP) is 3.24. The average molecular weight is 340 g/mol. The molecular weight excluding hydrogens is 320 g/mol. The molecule has 0 spiro atoms. The molecule has 2 rings (SSSR count). The number of hydrogen-bond donors (Lipinski definition) is 1. The molecule has 0 aliphatic rings. The number of nitrogens with one attached hydrogen (secondary N) is 1. The number of thiophene rings is 1. The molecule has 5 heteroatoms. The molecule has 0 unspecified atom stereocenters. The van der Waals surface area contributed by atoms with E-state index in [0.717, 1.165) is 4.88 Å². The van der Waals surface area contributed by atoms with Crippen molar-refractivity contribution in [3.05, 3.63) is 51.7 Å². The van der Waals surface area contributed by atoms with Gasteiger partial charge in [0.05, 0.1) is 12.5 Å². The van der Waals surface area contributed by atoms with Gasteiger partial charge in [0, 0.05) is 28.1 Å². The summed E-state index contributed by atoms with van der Waals surface area (Å²) in [7, 11) is 1.64. The Morgan fingerprint density at radius 2 is 2.08 bits per heavy atom. The van der Waals surface area contributed by atoms with E-state index in [1.807, 2.05) is 26.0 Å². The highest BCUT2D eigenvalue weighted by molar-refractivity contribution is 7.12. The normalized spacial score (nSPS) is 11.4. The van der Waals surface area contributed by atoms with Gasteiger partial charge in [0.15, 0.2) is 0 Å². The van der Waals surface area contributed by atoms with Gasteiger partial charge in [-0.15, -0.1) is 17.8 Å². The SMILES string of the molecule is C#Cc1cccc(NC(=O)CN(C)C(=O)[C@@H](C)c2ccc(C)s2)c1. The van der Waals surface area contributed by atoms with Crippen LogP contribution < -0.4 is 5.32 Å². The number of hydrogen-bond acceptors (Lipinski definition) is 3. The Labute approximate surface area is 146 Å². The van der Waals surface area contributed by atoms with Crippen molar-refractivity contribution in [2.24, 2.45) is 0 Å². The summed E-state index contributed by atoms with van der Waals surface area (Å²) in [6.45, 7) is 3.86. The van der Waals surface area contributed by atoms with Crippen LogP contribution in [0.5, 0.6) is 0 Å². The number of benzene rings is 1. The smallest absolute Gasteiger partial charge is 0.243 e. The predicted molar refractivity (Wildman–Crippen MR) is 98.1 cm³/mol. The van der Waals surface area contributed by atoms with Gasteiger partial charge in [-0.2, -0.15) is 0 Å². The lowest BCUT2D eigenvalue weighted by molar-refractivity contribution is -0.134. The maximum atomic E-state index is 12.5. The standard InChI is InChI=1S/C19H20N2O2S/c1-5-15-7-6-8-16(11-15)20-18(22)12-21(4)19(23)14(3)17-10-9-13(2)24-17/h1,6-11,14H,12H2,2-4H3,(H,20,22)/t14-/m0/s1. The molecule has 1 aromatic carbocycles. The highest BCUT2D eigenvalue weighted by Gasteiger charge is 2.22. The van der Waals surface area contributed by atoms with E-state index in [2.05, 4.69) is 11.2 Å². The van der Waals surface area contributed by atoms with Crippen LogP contribution >= 0.6 is 11.3 Å². The van der Waals surface area contributed by atoms with Gasteiger partial charge < -0.3 is 10.2 Å². The molecule has 4 nitrogen and oxygen atoms in total. The Balaban J connectivity index is 1.95. The molecule has 0 aliphatic carbocycles. The molecule has 1 N–H and O–H groups in total. The molecule has 24 heavy (non-hydrogen) atoms. The number of carbonyl (C=O) groups is 2. The Kier molecular flexibility index (Phi) is 5.78. The molecule has 2 aromatic rings. The summed E-state index contributed by atoms with van der Waals surface area (Å²) >= 11 is 1.60. The van der Waals surface area contributed by atoms with Crippen molar-refractivity contribution in [1.82, 2.24) is 4.90 Å². The largest absolute Gasteiger partial charge is 0.336 e. The first-order chi connectivity index (χ1) is 11.4. The van der Waals surface area contributed by atoms with E-state index in [1.165, 1.54) is 9.78 Å². The number of nitrogens with zero attached hydrogens (tertiary/aromatic N) is 1. The van der Waals surface area contributed by atoms with E-state index >= 15 is 0 Å². The van der Waals surface area contributed by atoms with Gasteiger partial charge in [-0.3, -0.25) is 9.59 Å². The lowest BCUT2D eigenvalue weighted by Crippen LogP contribution is -2.37. The molecule has 0 radical (unpaired) electrons. The quantitative estimate of drug-likeness (QED) is 0.850. The summed E-state index contributed by atoms with van der Waals surface area (Å²) in [4.78, 5) is 28.2. The molecule has 0 aliphatic heterocycles. The van der Waals surface area contributed by atoms with Crippen LogP contribution in [0.1, 0.15) is 28.2 Å². The van der Waals surface area contributed by atoms with E-state index < -0.39 is 0 Å². The van der Waals surface area contributed by atoms with Crippen molar-refractivity contribution in [2.75, 3.05) is 18.9 Å². The summed E-state index contributed by atoms with van der Waals surface area (Å²) in [5, 5.41) is 2.76. The van der Waals surface area contributed by atoms with Crippen LogP contribution in [0.25, 0.3) is 0 Å². The van der Waals surface area contributed by atoms with Gasteiger partial charge in [-0.25, -0.2) is 0 Å². The topological polar surface area (TPSA) is 49.4 Å². The summed E-state index contributed by atoms with van der Waals surface area (Å²) in [5.41, 5.74) is 1.32. The lowest BCUT2D eigenvalue weighted by Gasteiger charge is -2.20. The fourth-order valence-corrected chi connectivity index (χ4v) is 3.24. The minimum atomic E-state index is -0.258. The van der Waals surface area contributed by atoms with E-state index in [-0.39, 0.29) is 24.3 Å². The summed E-state index contributed by atoms with van der Waals surface area (Å²) in [5.74, 6) is 1.93. The average Bonchev–Trinajstić information content (AvgIpc) is 2.99. The molecule has 1 aromatic heterocycles. The first-order valence-electron chi connectivity index (χ1n) is 7.58. The number of amides is 2. The summed E-state index contributed by atoms with van der Waals surface area (Å²) in [6.07, 6.45) is 5.35. The number of anilines is 1. The highest BCUT2D eigenvalue weighted by Crippen LogP contribution is 2.25. The number of aryl methyl sites for hydroxylation is 1. The van der Waals surface area contributed by atoms with Crippen molar-refractivity contribution in [3.8, 4) is 12.3 Å². The summed E-state index contributed by atoms with van der Waals surface area (Å²) in [6, 6.07) is 11.0.